The van der Waals surface area contributed by atoms with Gasteiger partial charge in [0.15, 0.2) is 24.2 Å². The number of carbonyl (C=O) groups is 3. The Bertz CT molecular complexity index is 1220. The molecule has 0 radical (unpaired) electrons. The van der Waals surface area contributed by atoms with E-state index < -0.39 is 60.2 Å². The molecule has 1 aliphatic carbocycles. The number of hydrogen-bond acceptors (Lipinski definition) is 11. The zero-order valence-electron chi connectivity index (χ0n) is 19.4. The Morgan fingerprint density at radius 1 is 1.26 bits per heavy atom. The third-order valence-electron chi connectivity index (χ3n) is 6.02. The van der Waals surface area contributed by atoms with Gasteiger partial charge in [-0.1, -0.05) is 0 Å². The monoisotopic (exact) mass is 495 g/mol. The molecule has 4 rings (SSSR count). The van der Waals surface area contributed by atoms with Crippen molar-refractivity contribution >= 4 is 35.0 Å². The number of halogens is 1. The largest absolute Gasteiger partial charge is 0.466 e. The number of nitrogen functional groups attached to an aromatic ring is 1. The van der Waals surface area contributed by atoms with E-state index in [4.69, 9.17) is 24.7 Å². The molecule has 2 N–H and O–H groups in total. The summed E-state index contributed by atoms with van der Waals surface area (Å²) in [7, 11) is 0. The average Bonchev–Trinajstić information content (AvgIpc) is 3.46. The second kappa shape index (κ2) is 9.24. The van der Waals surface area contributed by atoms with Crippen molar-refractivity contribution in [3.63, 3.8) is 0 Å². The number of esters is 3. The van der Waals surface area contributed by atoms with Gasteiger partial charge in [0.1, 0.15) is 18.2 Å². The number of nitrogens with two attached hydrogens (primary N) is 1. The second-order valence-corrected chi connectivity index (χ2v) is 8.56. The third-order valence-corrected chi connectivity index (χ3v) is 6.02. The van der Waals surface area contributed by atoms with Gasteiger partial charge in [0.2, 0.25) is 5.95 Å². The zero-order chi connectivity index (χ0) is 25.5. The molecule has 0 aromatic carbocycles. The molecule has 190 valence electrons. The van der Waals surface area contributed by atoms with E-state index in [2.05, 4.69) is 9.97 Å². The van der Waals surface area contributed by atoms with Gasteiger partial charge in [-0.3, -0.25) is 19.0 Å². The fraction of sp³-hybridized carbons (Fsp3) is 0.619. The number of fused-ring (bicyclic) bond motifs is 1. The Morgan fingerprint density at radius 2 is 1.97 bits per heavy atom. The van der Waals surface area contributed by atoms with Crippen molar-refractivity contribution in [3.8, 4) is 0 Å². The first-order valence-electron chi connectivity index (χ1n) is 11.1. The van der Waals surface area contributed by atoms with Gasteiger partial charge in [-0.15, -0.1) is 0 Å². The van der Waals surface area contributed by atoms with Crippen LogP contribution in [0.2, 0.25) is 0 Å². The van der Waals surface area contributed by atoms with E-state index in [-0.39, 0.29) is 30.3 Å². The minimum Gasteiger partial charge on any atom is -0.466 e. The van der Waals surface area contributed by atoms with Crippen LogP contribution in [0, 0.1) is 5.41 Å². The van der Waals surface area contributed by atoms with Crippen molar-refractivity contribution < 1.29 is 37.7 Å². The minimum atomic E-state index is -1.91. The Labute approximate surface area is 198 Å². The van der Waals surface area contributed by atoms with E-state index in [0.29, 0.717) is 12.8 Å². The molecule has 2 aromatic rings. The number of aromatic nitrogens is 4. The van der Waals surface area contributed by atoms with Crippen molar-refractivity contribution in [2.24, 2.45) is 5.41 Å². The molecular weight excluding hydrogens is 469 g/mol. The molecule has 0 spiro atoms. The summed E-state index contributed by atoms with van der Waals surface area (Å²) in [6, 6.07) is 0. The highest BCUT2D eigenvalue weighted by molar-refractivity contribution is 5.80. The van der Waals surface area contributed by atoms with Crippen LogP contribution in [0.4, 0.5) is 10.3 Å². The van der Waals surface area contributed by atoms with Gasteiger partial charge in [-0.25, -0.2) is 18.7 Å². The SMILES string of the molecule is CCOC(=O)C1(Cn2c(=O)n([C@@H]3O[C@H](COC(C)=O)[C@@H](F)[C@H]3OC(C)=O)c3nc(N)ncc32)CC1. The molecule has 2 fully saturated rings. The molecule has 2 aromatic heterocycles. The number of rotatable bonds is 8. The number of carbonyl (C=O) groups excluding carboxylic acids is 3. The van der Waals surface area contributed by atoms with Crippen LogP contribution in [-0.4, -0.2) is 68.6 Å². The molecule has 4 atom stereocenters. The van der Waals surface area contributed by atoms with Gasteiger partial charge in [0, 0.05) is 20.4 Å². The normalized spacial score (nSPS) is 24.8. The molecule has 35 heavy (non-hydrogen) atoms. The summed E-state index contributed by atoms with van der Waals surface area (Å²) in [4.78, 5) is 57.1. The van der Waals surface area contributed by atoms with Gasteiger partial charge < -0.3 is 24.7 Å². The molecule has 3 heterocycles. The van der Waals surface area contributed by atoms with Crippen molar-refractivity contribution in [1.82, 2.24) is 19.1 Å². The Kier molecular flexibility index (Phi) is 6.49. The van der Waals surface area contributed by atoms with Crippen LogP contribution in [-0.2, 0) is 39.9 Å². The summed E-state index contributed by atoms with van der Waals surface area (Å²) in [6.45, 7) is 3.64. The first-order valence-corrected chi connectivity index (χ1v) is 11.1. The predicted octanol–water partition coefficient (Wildman–Crippen LogP) is 0.249. The Balaban J connectivity index is 1.79. The maximum absolute atomic E-state index is 15.3. The molecule has 1 aliphatic heterocycles. The molecule has 1 saturated carbocycles. The number of anilines is 1. The molecule has 0 bridgehead atoms. The lowest BCUT2D eigenvalue weighted by atomic mass is 10.1. The summed E-state index contributed by atoms with van der Waals surface area (Å²) in [5.41, 5.74) is 4.40. The smallest absolute Gasteiger partial charge is 0.332 e. The summed E-state index contributed by atoms with van der Waals surface area (Å²) in [5.74, 6) is -2.05. The van der Waals surface area contributed by atoms with Crippen molar-refractivity contribution in [2.45, 2.75) is 64.8 Å². The highest BCUT2D eigenvalue weighted by Gasteiger charge is 2.53. The molecular formula is C21H26FN5O8. The first-order chi connectivity index (χ1) is 16.6. The van der Waals surface area contributed by atoms with Gasteiger partial charge in [0.05, 0.1) is 18.2 Å². The predicted molar refractivity (Wildman–Crippen MR) is 115 cm³/mol. The summed E-state index contributed by atoms with van der Waals surface area (Å²) in [5, 5.41) is 0. The standard InChI is InChI=1S/C21H26FN5O8/c1-4-32-18(30)21(5-6-21)9-26-12-7-24-19(23)25-16(12)27(20(26)31)17-15(34-11(3)29)14(22)13(35-17)8-33-10(2)28/h7,13-15,17H,4-6,8-9H2,1-3H3,(H2,23,24,25)/t13-,14-,15-,17-/m1/s1. The molecule has 14 heteroatoms. The molecule has 0 amide bonds. The van der Waals surface area contributed by atoms with Crippen LogP contribution in [0.1, 0.15) is 39.8 Å². The highest BCUT2D eigenvalue weighted by atomic mass is 19.1. The molecule has 2 aliphatic rings. The maximum atomic E-state index is 15.3. The Hall–Kier alpha value is -3.55. The van der Waals surface area contributed by atoms with E-state index >= 15 is 4.39 Å². The fourth-order valence-electron chi connectivity index (χ4n) is 4.17. The molecule has 13 nitrogen and oxygen atoms in total. The van der Waals surface area contributed by atoms with Gasteiger partial charge in [-0.2, -0.15) is 4.98 Å². The van der Waals surface area contributed by atoms with Gasteiger partial charge in [-0.05, 0) is 19.8 Å². The topological polar surface area (TPSA) is 167 Å². The molecule has 1 saturated heterocycles. The number of hydrogen-bond donors (Lipinski definition) is 1. The van der Waals surface area contributed by atoms with Crippen LogP contribution in [0.3, 0.4) is 0 Å². The number of alkyl halides is 1. The van der Waals surface area contributed by atoms with E-state index in [1.54, 1.807) is 6.92 Å². The lowest BCUT2D eigenvalue weighted by molar-refractivity contribution is -0.154. The van der Waals surface area contributed by atoms with Crippen LogP contribution < -0.4 is 11.4 Å². The van der Waals surface area contributed by atoms with Gasteiger partial charge in [0.25, 0.3) is 0 Å². The lowest BCUT2D eigenvalue weighted by Gasteiger charge is -2.20. The van der Waals surface area contributed by atoms with E-state index in [1.807, 2.05) is 0 Å². The molecule has 0 unspecified atom stereocenters. The van der Waals surface area contributed by atoms with E-state index in [1.165, 1.54) is 10.8 Å². The lowest BCUT2D eigenvalue weighted by Crippen LogP contribution is -2.38. The summed E-state index contributed by atoms with van der Waals surface area (Å²) >= 11 is 0. The number of nitrogens with zero attached hydrogens (tertiary/aromatic N) is 4. The van der Waals surface area contributed by atoms with E-state index in [0.717, 1.165) is 18.4 Å². The Morgan fingerprint density at radius 3 is 2.57 bits per heavy atom. The highest BCUT2D eigenvalue weighted by Crippen LogP contribution is 2.48. The van der Waals surface area contributed by atoms with Crippen LogP contribution in [0.25, 0.3) is 11.2 Å². The van der Waals surface area contributed by atoms with Crippen LogP contribution in [0.15, 0.2) is 11.0 Å². The fourth-order valence-corrected chi connectivity index (χ4v) is 4.17. The second-order valence-electron chi connectivity index (χ2n) is 8.56. The zero-order valence-corrected chi connectivity index (χ0v) is 19.4. The maximum Gasteiger partial charge on any atom is 0.332 e. The van der Waals surface area contributed by atoms with E-state index in [9.17, 15) is 19.2 Å². The first kappa shape index (κ1) is 24.6. The number of ether oxygens (including phenoxy) is 4. The summed E-state index contributed by atoms with van der Waals surface area (Å²) in [6.07, 6.45) is -3.86. The van der Waals surface area contributed by atoms with Crippen molar-refractivity contribution in [3.05, 3.63) is 16.7 Å². The van der Waals surface area contributed by atoms with Crippen LogP contribution in [0.5, 0.6) is 0 Å². The minimum absolute atomic E-state index is 0.00430. The summed E-state index contributed by atoms with van der Waals surface area (Å²) < 4.78 is 38.5. The average molecular weight is 495 g/mol. The van der Waals surface area contributed by atoms with Gasteiger partial charge >= 0.3 is 23.6 Å². The van der Waals surface area contributed by atoms with Crippen molar-refractivity contribution in [2.75, 3.05) is 18.9 Å². The van der Waals surface area contributed by atoms with Crippen molar-refractivity contribution in [1.29, 1.82) is 0 Å². The third kappa shape index (κ3) is 4.57. The van der Waals surface area contributed by atoms with Crippen LogP contribution >= 0.6 is 0 Å². The number of imidazole rings is 1. The quantitative estimate of drug-likeness (QED) is 0.394.